The van der Waals surface area contributed by atoms with Crippen LogP contribution in [0.5, 0.6) is 0 Å². The molecule has 3 heteroatoms. The fraction of sp³-hybridized carbons (Fsp3) is 0.909. The van der Waals surface area contributed by atoms with E-state index in [1.807, 2.05) is 6.92 Å². The number of nitrogens with zero attached hydrogens (tertiary/aromatic N) is 2. The number of aliphatic imine (C=N–C) groups is 1. The summed E-state index contributed by atoms with van der Waals surface area (Å²) in [4.78, 5) is 6.48. The van der Waals surface area contributed by atoms with Gasteiger partial charge in [-0.3, -0.25) is 4.99 Å². The molecule has 1 rings (SSSR count). The monoisotopic (exact) mass is 197 g/mol. The first-order valence-electron chi connectivity index (χ1n) is 5.60. The van der Waals surface area contributed by atoms with Gasteiger partial charge in [0.05, 0.1) is 0 Å². The van der Waals surface area contributed by atoms with Crippen LogP contribution in [-0.4, -0.2) is 30.5 Å². The highest BCUT2D eigenvalue weighted by Gasteiger charge is 2.23. The van der Waals surface area contributed by atoms with Gasteiger partial charge < -0.3 is 10.6 Å². The van der Waals surface area contributed by atoms with Gasteiger partial charge in [0.1, 0.15) is 0 Å². The Balaban J connectivity index is 2.54. The third kappa shape index (κ3) is 3.20. The molecule has 1 saturated heterocycles. The lowest BCUT2D eigenvalue weighted by Gasteiger charge is -2.23. The van der Waals surface area contributed by atoms with Crippen LogP contribution >= 0.6 is 0 Å². The average molecular weight is 197 g/mol. The molecule has 0 amide bonds. The fourth-order valence-electron chi connectivity index (χ4n) is 1.91. The molecule has 0 bridgehead atoms. The number of hydrogen-bond acceptors (Lipinski definition) is 1. The highest BCUT2D eigenvalue weighted by atomic mass is 15.2. The number of hydrogen-bond donors (Lipinski definition) is 1. The molecular weight excluding hydrogens is 174 g/mol. The maximum absolute atomic E-state index is 5.89. The Morgan fingerprint density at radius 3 is 2.71 bits per heavy atom. The van der Waals surface area contributed by atoms with Crippen molar-refractivity contribution < 1.29 is 0 Å². The molecule has 82 valence electrons. The summed E-state index contributed by atoms with van der Waals surface area (Å²) in [5.74, 6) is 0.727. The zero-order valence-corrected chi connectivity index (χ0v) is 9.71. The van der Waals surface area contributed by atoms with Crippen molar-refractivity contribution in [3.8, 4) is 0 Å². The fourth-order valence-corrected chi connectivity index (χ4v) is 1.91. The van der Waals surface area contributed by atoms with Crippen LogP contribution < -0.4 is 5.73 Å². The predicted octanol–water partition coefficient (Wildman–Crippen LogP) is 1.83. The Hall–Kier alpha value is -0.730. The van der Waals surface area contributed by atoms with E-state index in [2.05, 4.69) is 23.7 Å². The van der Waals surface area contributed by atoms with Crippen LogP contribution in [0.25, 0.3) is 0 Å². The number of nitrogens with two attached hydrogens (primary N) is 1. The summed E-state index contributed by atoms with van der Waals surface area (Å²) in [5.41, 5.74) is 6.37. The van der Waals surface area contributed by atoms with E-state index in [9.17, 15) is 0 Å². The van der Waals surface area contributed by atoms with Gasteiger partial charge in [-0.2, -0.15) is 0 Å². The van der Waals surface area contributed by atoms with E-state index in [-0.39, 0.29) is 0 Å². The molecular formula is C11H23N3. The summed E-state index contributed by atoms with van der Waals surface area (Å²) in [7, 11) is 0. The molecule has 0 aromatic rings. The van der Waals surface area contributed by atoms with Crippen LogP contribution in [0.3, 0.4) is 0 Å². The SMILES string of the molecule is CCN=C(N)N1CCCC(C)(C)CC1. The van der Waals surface area contributed by atoms with Crippen molar-refractivity contribution in [1.29, 1.82) is 0 Å². The summed E-state index contributed by atoms with van der Waals surface area (Å²) in [6.07, 6.45) is 3.74. The van der Waals surface area contributed by atoms with Gasteiger partial charge in [-0.25, -0.2) is 0 Å². The molecule has 0 aromatic carbocycles. The maximum atomic E-state index is 5.89. The van der Waals surface area contributed by atoms with E-state index in [1.54, 1.807) is 0 Å². The second kappa shape index (κ2) is 4.67. The molecule has 0 saturated carbocycles. The molecule has 3 nitrogen and oxygen atoms in total. The van der Waals surface area contributed by atoms with Crippen molar-refractivity contribution in [2.75, 3.05) is 19.6 Å². The Kier molecular flexibility index (Phi) is 3.78. The first-order valence-corrected chi connectivity index (χ1v) is 5.60. The topological polar surface area (TPSA) is 41.6 Å². The van der Waals surface area contributed by atoms with Crippen molar-refractivity contribution >= 4 is 5.96 Å². The molecule has 0 radical (unpaired) electrons. The minimum absolute atomic E-state index is 0.473. The van der Waals surface area contributed by atoms with Gasteiger partial charge in [-0.1, -0.05) is 13.8 Å². The Morgan fingerprint density at radius 1 is 1.36 bits per heavy atom. The zero-order chi connectivity index (χ0) is 10.6. The molecule has 2 N–H and O–H groups in total. The van der Waals surface area contributed by atoms with E-state index in [0.717, 1.165) is 25.6 Å². The highest BCUT2D eigenvalue weighted by molar-refractivity contribution is 5.78. The zero-order valence-electron chi connectivity index (χ0n) is 9.71. The minimum atomic E-state index is 0.473. The van der Waals surface area contributed by atoms with E-state index in [0.29, 0.717) is 5.41 Å². The maximum Gasteiger partial charge on any atom is 0.191 e. The number of likely N-dealkylation sites (tertiary alicyclic amines) is 1. The minimum Gasteiger partial charge on any atom is -0.370 e. The lowest BCUT2D eigenvalue weighted by atomic mass is 9.85. The third-order valence-corrected chi connectivity index (χ3v) is 2.98. The first-order chi connectivity index (χ1) is 6.55. The Morgan fingerprint density at radius 2 is 2.07 bits per heavy atom. The van der Waals surface area contributed by atoms with Gasteiger partial charge in [0.2, 0.25) is 0 Å². The summed E-state index contributed by atoms with van der Waals surface area (Å²) in [6, 6.07) is 0. The normalized spacial score (nSPS) is 23.4. The van der Waals surface area contributed by atoms with Gasteiger partial charge in [0, 0.05) is 19.6 Å². The lowest BCUT2D eigenvalue weighted by Crippen LogP contribution is -2.38. The van der Waals surface area contributed by atoms with Gasteiger partial charge in [0.15, 0.2) is 5.96 Å². The van der Waals surface area contributed by atoms with Gasteiger partial charge in [0.25, 0.3) is 0 Å². The standard InChI is InChI=1S/C11H23N3/c1-4-13-10(12)14-8-5-6-11(2,3)7-9-14/h4-9H2,1-3H3,(H2,12,13). The lowest BCUT2D eigenvalue weighted by molar-refractivity contribution is 0.313. The predicted molar refractivity (Wildman–Crippen MR) is 61.4 cm³/mol. The van der Waals surface area contributed by atoms with Crippen molar-refractivity contribution in [1.82, 2.24) is 4.90 Å². The van der Waals surface area contributed by atoms with Crippen LogP contribution in [0.15, 0.2) is 4.99 Å². The van der Waals surface area contributed by atoms with Crippen molar-refractivity contribution in [3.63, 3.8) is 0 Å². The summed E-state index contributed by atoms with van der Waals surface area (Å²) in [5, 5.41) is 0. The molecule has 0 aliphatic carbocycles. The average Bonchev–Trinajstić information content (AvgIpc) is 2.27. The summed E-state index contributed by atoms with van der Waals surface area (Å²) >= 11 is 0. The molecule has 0 spiro atoms. The van der Waals surface area contributed by atoms with Crippen molar-refractivity contribution in [2.24, 2.45) is 16.1 Å². The third-order valence-electron chi connectivity index (χ3n) is 2.98. The summed E-state index contributed by atoms with van der Waals surface area (Å²) in [6.45, 7) is 9.61. The van der Waals surface area contributed by atoms with Gasteiger partial charge >= 0.3 is 0 Å². The van der Waals surface area contributed by atoms with Gasteiger partial charge in [-0.15, -0.1) is 0 Å². The van der Waals surface area contributed by atoms with Crippen LogP contribution in [0, 0.1) is 5.41 Å². The quantitative estimate of drug-likeness (QED) is 0.515. The molecule has 0 aromatic heterocycles. The van der Waals surface area contributed by atoms with Crippen molar-refractivity contribution in [2.45, 2.75) is 40.0 Å². The van der Waals surface area contributed by atoms with E-state index in [1.165, 1.54) is 19.3 Å². The summed E-state index contributed by atoms with van der Waals surface area (Å²) < 4.78 is 0. The number of rotatable bonds is 1. The molecule has 1 aliphatic heterocycles. The molecule has 1 heterocycles. The van der Waals surface area contributed by atoms with E-state index in [4.69, 9.17) is 5.73 Å². The van der Waals surface area contributed by atoms with Crippen LogP contribution in [-0.2, 0) is 0 Å². The first kappa shape index (κ1) is 11.3. The van der Waals surface area contributed by atoms with Crippen LogP contribution in [0.4, 0.5) is 0 Å². The smallest absolute Gasteiger partial charge is 0.191 e. The molecule has 1 aliphatic rings. The second-order valence-corrected chi connectivity index (χ2v) is 4.84. The van der Waals surface area contributed by atoms with Gasteiger partial charge in [-0.05, 0) is 31.6 Å². The van der Waals surface area contributed by atoms with E-state index >= 15 is 0 Å². The molecule has 1 fully saturated rings. The Bertz CT molecular complexity index is 209. The van der Waals surface area contributed by atoms with E-state index < -0.39 is 0 Å². The van der Waals surface area contributed by atoms with Crippen molar-refractivity contribution in [3.05, 3.63) is 0 Å². The Labute approximate surface area is 87.4 Å². The number of guanidine groups is 1. The molecule has 0 unspecified atom stereocenters. The van der Waals surface area contributed by atoms with Crippen LogP contribution in [0.2, 0.25) is 0 Å². The second-order valence-electron chi connectivity index (χ2n) is 4.84. The largest absolute Gasteiger partial charge is 0.370 e. The highest BCUT2D eigenvalue weighted by Crippen LogP contribution is 2.29. The van der Waals surface area contributed by atoms with Crippen LogP contribution in [0.1, 0.15) is 40.0 Å². The molecule has 0 atom stereocenters. The molecule has 14 heavy (non-hydrogen) atoms.